The van der Waals surface area contributed by atoms with E-state index in [1.807, 2.05) is 17.0 Å². The van der Waals surface area contributed by atoms with E-state index >= 15 is 0 Å². The number of amides is 2. The highest BCUT2D eigenvalue weighted by atomic mass is 16.5. The number of hydrogen-bond acceptors (Lipinski definition) is 4. The second kappa shape index (κ2) is 9.20. The molecule has 1 saturated carbocycles. The highest BCUT2D eigenvalue weighted by Crippen LogP contribution is 2.24. The largest absolute Gasteiger partial charge is 0.474 e. The van der Waals surface area contributed by atoms with Crippen LogP contribution in [0.4, 0.5) is 0 Å². The van der Waals surface area contributed by atoms with Crippen molar-refractivity contribution >= 4 is 11.8 Å². The van der Waals surface area contributed by atoms with Crippen molar-refractivity contribution in [3.05, 3.63) is 23.9 Å². The van der Waals surface area contributed by atoms with Crippen molar-refractivity contribution < 1.29 is 14.3 Å². The van der Waals surface area contributed by atoms with Crippen LogP contribution in [0.25, 0.3) is 0 Å². The van der Waals surface area contributed by atoms with Crippen molar-refractivity contribution in [2.24, 2.45) is 5.92 Å². The molecule has 0 spiro atoms. The number of hydrogen-bond donors (Lipinski definition) is 1. The van der Waals surface area contributed by atoms with Gasteiger partial charge >= 0.3 is 0 Å². The Morgan fingerprint density at radius 3 is 2.78 bits per heavy atom. The van der Waals surface area contributed by atoms with Gasteiger partial charge in [0.15, 0.2) is 0 Å². The fraction of sp³-hybridized carbons (Fsp3) is 0.667. The molecule has 2 heterocycles. The van der Waals surface area contributed by atoms with Gasteiger partial charge in [0, 0.05) is 37.8 Å². The molecule has 2 aliphatic rings. The topological polar surface area (TPSA) is 71.5 Å². The zero-order chi connectivity index (χ0) is 19.2. The summed E-state index contributed by atoms with van der Waals surface area (Å²) in [6, 6.07) is 4.03. The van der Waals surface area contributed by atoms with Gasteiger partial charge in [0.2, 0.25) is 17.7 Å². The van der Waals surface area contributed by atoms with Gasteiger partial charge in [-0.3, -0.25) is 9.59 Å². The van der Waals surface area contributed by atoms with Gasteiger partial charge in [-0.25, -0.2) is 4.98 Å². The van der Waals surface area contributed by atoms with E-state index in [4.69, 9.17) is 4.74 Å². The first kappa shape index (κ1) is 19.6. The molecular formula is C21H31N3O3. The summed E-state index contributed by atoms with van der Waals surface area (Å²) < 4.78 is 5.93. The molecule has 6 heteroatoms. The van der Waals surface area contributed by atoms with Crippen LogP contribution in [-0.2, 0) is 16.1 Å². The number of carbonyl (C=O) groups is 2. The molecule has 1 atom stereocenters. The summed E-state index contributed by atoms with van der Waals surface area (Å²) in [5.41, 5.74) is 0.965. The number of nitrogens with zero attached hydrogens (tertiary/aromatic N) is 2. The third-order valence-corrected chi connectivity index (χ3v) is 5.77. The summed E-state index contributed by atoms with van der Waals surface area (Å²) in [7, 11) is 0. The number of rotatable bonds is 8. The van der Waals surface area contributed by atoms with E-state index in [1.165, 1.54) is 12.8 Å². The molecule has 1 aliphatic carbocycles. The summed E-state index contributed by atoms with van der Waals surface area (Å²) >= 11 is 0. The first-order valence-corrected chi connectivity index (χ1v) is 10.3. The van der Waals surface area contributed by atoms with Crippen LogP contribution < -0.4 is 10.1 Å². The van der Waals surface area contributed by atoms with Crippen LogP contribution in [0.3, 0.4) is 0 Å². The number of likely N-dealkylation sites (tertiary alicyclic amines) is 1. The zero-order valence-corrected chi connectivity index (χ0v) is 16.4. The Bertz CT molecular complexity index is 654. The van der Waals surface area contributed by atoms with Gasteiger partial charge in [0.05, 0.1) is 5.92 Å². The molecule has 1 aliphatic heterocycles. The minimum absolute atomic E-state index is 0.0492. The number of pyridine rings is 1. The Kier molecular flexibility index (Phi) is 6.69. The third kappa shape index (κ3) is 4.99. The summed E-state index contributed by atoms with van der Waals surface area (Å²) in [4.78, 5) is 30.9. The van der Waals surface area contributed by atoms with E-state index in [2.05, 4.69) is 24.1 Å². The minimum Gasteiger partial charge on any atom is -0.474 e. The monoisotopic (exact) mass is 373 g/mol. The average molecular weight is 373 g/mol. The molecule has 6 nitrogen and oxygen atoms in total. The van der Waals surface area contributed by atoms with E-state index in [0.29, 0.717) is 25.4 Å². The summed E-state index contributed by atoms with van der Waals surface area (Å²) in [5, 5.41) is 2.98. The number of nitrogens with one attached hydrogen (secondary N) is 1. The number of carbonyl (C=O) groups excluding carboxylic acids is 2. The predicted octanol–water partition coefficient (Wildman–Crippen LogP) is 3.06. The maximum absolute atomic E-state index is 12.5. The molecule has 1 aromatic rings. The van der Waals surface area contributed by atoms with Gasteiger partial charge in [0.25, 0.3) is 0 Å². The molecule has 1 aromatic heterocycles. The average Bonchev–Trinajstić information content (AvgIpc) is 3.31. The van der Waals surface area contributed by atoms with Crippen molar-refractivity contribution in [3.8, 4) is 5.88 Å². The minimum atomic E-state index is -0.255. The van der Waals surface area contributed by atoms with E-state index in [-0.39, 0.29) is 29.9 Å². The lowest BCUT2D eigenvalue weighted by atomic mass is 10.1. The first-order chi connectivity index (χ1) is 13.1. The molecule has 27 heavy (non-hydrogen) atoms. The maximum atomic E-state index is 12.5. The molecule has 0 radical (unpaired) electrons. The van der Waals surface area contributed by atoms with E-state index < -0.39 is 0 Å². The molecule has 1 unspecified atom stereocenters. The molecule has 2 amide bonds. The summed E-state index contributed by atoms with van der Waals surface area (Å²) in [5.74, 6) is 0.422. The van der Waals surface area contributed by atoms with Gasteiger partial charge in [-0.1, -0.05) is 13.8 Å². The van der Waals surface area contributed by atoms with Crippen molar-refractivity contribution in [3.63, 3.8) is 0 Å². The smallest absolute Gasteiger partial charge is 0.225 e. The molecule has 148 valence electrons. The van der Waals surface area contributed by atoms with Crippen LogP contribution in [0.2, 0.25) is 0 Å². The Hall–Kier alpha value is -2.11. The molecule has 0 aromatic carbocycles. The van der Waals surface area contributed by atoms with Crippen LogP contribution in [0.15, 0.2) is 18.3 Å². The summed E-state index contributed by atoms with van der Waals surface area (Å²) in [6.45, 7) is 5.13. The standard InChI is InChI=1S/C21H31N3O3/c1-3-17(4-2)24-14-16(12-20(24)25)21(26)23-13-15-9-10-22-19(11-15)27-18-7-5-6-8-18/h9-11,16-18H,3-8,12-14H2,1-2H3,(H,23,26). The number of aromatic nitrogens is 1. The second-order valence-electron chi connectivity index (χ2n) is 7.66. The molecule has 0 bridgehead atoms. The van der Waals surface area contributed by atoms with Crippen LogP contribution >= 0.6 is 0 Å². The fourth-order valence-electron chi connectivity index (χ4n) is 4.12. The van der Waals surface area contributed by atoms with E-state index in [1.54, 1.807) is 6.20 Å². The lowest BCUT2D eigenvalue weighted by Crippen LogP contribution is -2.37. The Morgan fingerprint density at radius 1 is 1.33 bits per heavy atom. The van der Waals surface area contributed by atoms with Crippen molar-refractivity contribution in [2.45, 2.75) is 77.5 Å². The van der Waals surface area contributed by atoms with E-state index in [9.17, 15) is 9.59 Å². The van der Waals surface area contributed by atoms with Crippen LogP contribution in [0, 0.1) is 5.92 Å². The normalized spacial score (nSPS) is 20.5. The highest BCUT2D eigenvalue weighted by Gasteiger charge is 2.36. The molecular weight excluding hydrogens is 342 g/mol. The Labute approximate surface area is 161 Å². The van der Waals surface area contributed by atoms with Gasteiger partial charge in [0.1, 0.15) is 6.10 Å². The van der Waals surface area contributed by atoms with Gasteiger partial charge in [-0.05, 0) is 50.2 Å². The zero-order valence-electron chi connectivity index (χ0n) is 16.4. The Balaban J connectivity index is 1.51. The number of ether oxygens (including phenoxy) is 1. The summed E-state index contributed by atoms with van der Waals surface area (Å²) in [6.07, 6.45) is 8.77. The third-order valence-electron chi connectivity index (χ3n) is 5.77. The molecule has 1 N–H and O–H groups in total. The van der Waals surface area contributed by atoms with Crippen LogP contribution in [0.1, 0.15) is 64.4 Å². The van der Waals surface area contributed by atoms with Crippen LogP contribution in [0.5, 0.6) is 5.88 Å². The van der Waals surface area contributed by atoms with Gasteiger partial charge in [-0.15, -0.1) is 0 Å². The lowest BCUT2D eigenvalue weighted by Gasteiger charge is -2.26. The van der Waals surface area contributed by atoms with Crippen molar-refractivity contribution in [1.29, 1.82) is 0 Å². The second-order valence-corrected chi connectivity index (χ2v) is 7.66. The highest BCUT2D eigenvalue weighted by molar-refractivity contribution is 5.89. The van der Waals surface area contributed by atoms with Gasteiger partial charge < -0.3 is 15.0 Å². The quantitative estimate of drug-likeness (QED) is 0.760. The Morgan fingerprint density at radius 2 is 2.07 bits per heavy atom. The molecule has 3 rings (SSSR count). The van der Waals surface area contributed by atoms with Crippen molar-refractivity contribution in [1.82, 2.24) is 15.2 Å². The lowest BCUT2D eigenvalue weighted by molar-refractivity contribution is -0.130. The van der Waals surface area contributed by atoms with E-state index in [0.717, 1.165) is 31.2 Å². The molecule has 2 fully saturated rings. The fourth-order valence-corrected chi connectivity index (χ4v) is 4.12. The SMILES string of the molecule is CCC(CC)N1CC(C(=O)NCc2ccnc(OC3CCCC3)c2)CC1=O. The van der Waals surface area contributed by atoms with Crippen LogP contribution in [-0.4, -0.2) is 40.4 Å². The van der Waals surface area contributed by atoms with Crippen molar-refractivity contribution in [2.75, 3.05) is 6.54 Å². The first-order valence-electron chi connectivity index (χ1n) is 10.3. The van der Waals surface area contributed by atoms with Gasteiger partial charge in [-0.2, -0.15) is 0 Å². The predicted molar refractivity (Wildman–Crippen MR) is 103 cm³/mol. The maximum Gasteiger partial charge on any atom is 0.225 e. The molecule has 1 saturated heterocycles.